The van der Waals surface area contributed by atoms with Crippen molar-refractivity contribution in [1.29, 1.82) is 0 Å². The fraction of sp³-hybridized carbons (Fsp3) is 0.450. The van der Waals surface area contributed by atoms with E-state index in [2.05, 4.69) is 28.7 Å². The molecule has 1 heterocycles. The Morgan fingerprint density at radius 2 is 1.33 bits per heavy atom. The first-order chi connectivity index (χ1) is 26.3. The van der Waals surface area contributed by atoms with Crippen LogP contribution in [0.2, 0.25) is 0 Å². The summed E-state index contributed by atoms with van der Waals surface area (Å²) in [6, 6.07) is 12.6. The van der Waals surface area contributed by atoms with Gasteiger partial charge in [-0.25, -0.2) is 14.6 Å². The number of ether oxygens (including phenoxy) is 6. The van der Waals surface area contributed by atoms with Crippen molar-refractivity contribution < 1.29 is 47.6 Å². The van der Waals surface area contributed by atoms with Crippen LogP contribution in [0.3, 0.4) is 0 Å². The lowest BCUT2D eigenvalue weighted by Gasteiger charge is -2.27. The Balaban J connectivity index is 1.15. The van der Waals surface area contributed by atoms with Crippen LogP contribution >= 0.6 is 11.3 Å². The van der Waals surface area contributed by atoms with Gasteiger partial charge in [-0.1, -0.05) is 36.6 Å². The summed E-state index contributed by atoms with van der Waals surface area (Å²) in [5.74, 6) is -1.56. The van der Waals surface area contributed by atoms with Gasteiger partial charge in [0, 0.05) is 30.6 Å². The van der Waals surface area contributed by atoms with Crippen molar-refractivity contribution >= 4 is 56.8 Å². The number of para-hydroxylation sites is 1. The van der Waals surface area contributed by atoms with Crippen LogP contribution in [0.5, 0.6) is 11.5 Å². The molecule has 0 aliphatic heterocycles. The molecule has 288 valence electrons. The number of rotatable bonds is 19. The largest absolute Gasteiger partial charge is 0.462 e. The van der Waals surface area contributed by atoms with Gasteiger partial charge in [-0.05, 0) is 81.7 Å². The van der Waals surface area contributed by atoms with E-state index < -0.39 is 11.9 Å². The molecule has 1 aromatic heterocycles. The molecule has 0 saturated heterocycles. The van der Waals surface area contributed by atoms with Crippen molar-refractivity contribution in [2.75, 3.05) is 31.9 Å². The second-order valence-electron chi connectivity index (χ2n) is 13.0. The molecule has 0 bridgehead atoms. The SMILES string of the molecule is C=CC(=O)OCCCOC1CCC(C(=O)Oc2ccc(OC(=O)C3CCC(OCCCOC(=O)C=C)CC3)c(/C=N/Nc3nc4ccccc4s3)c2)CC1. The molecule has 0 spiro atoms. The molecule has 13 nitrogen and oxygen atoms in total. The third-order valence-corrected chi connectivity index (χ3v) is 10.1. The minimum Gasteiger partial charge on any atom is -0.462 e. The smallest absolute Gasteiger partial charge is 0.330 e. The molecule has 2 fully saturated rings. The van der Waals surface area contributed by atoms with E-state index in [0.29, 0.717) is 86.8 Å². The molecule has 3 aromatic rings. The monoisotopic (exact) mass is 761 g/mol. The average molecular weight is 762 g/mol. The summed E-state index contributed by atoms with van der Waals surface area (Å²) in [6.07, 6.45) is 10.4. The number of carbonyl (C=O) groups excluding carboxylic acids is 4. The van der Waals surface area contributed by atoms with E-state index in [9.17, 15) is 19.2 Å². The van der Waals surface area contributed by atoms with Crippen LogP contribution in [-0.4, -0.2) is 73.7 Å². The Bertz CT molecular complexity index is 1740. The van der Waals surface area contributed by atoms with Gasteiger partial charge in [0.15, 0.2) is 0 Å². The highest BCUT2D eigenvalue weighted by molar-refractivity contribution is 7.22. The number of benzene rings is 2. The Hall–Kier alpha value is -4.92. The van der Waals surface area contributed by atoms with Gasteiger partial charge in [-0.2, -0.15) is 5.10 Å². The zero-order chi connectivity index (χ0) is 38.1. The van der Waals surface area contributed by atoms with E-state index in [1.54, 1.807) is 18.2 Å². The number of anilines is 1. The molecule has 0 amide bonds. The number of nitrogens with zero attached hydrogens (tertiary/aromatic N) is 2. The zero-order valence-corrected chi connectivity index (χ0v) is 31.1. The molecule has 2 aromatic carbocycles. The third kappa shape index (κ3) is 12.6. The second kappa shape index (κ2) is 21.1. The van der Waals surface area contributed by atoms with Gasteiger partial charge < -0.3 is 28.4 Å². The summed E-state index contributed by atoms with van der Waals surface area (Å²) in [6.45, 7) is 8.22. The fourth-order valence-electron chi connectivity index (χ4n) is 6.26. The Morgan fingerprint density at radius 1 is 0.759 bits per heavy atom. The van der Waals surface area contributed by atoms with Gasteiger partial charge in [0.1, 0.15) is 11.5 Å². The van der Waals surface area contributed by atoms with Gasteiger partial charge in [0.05, 0.1) is 66.9 Å². The van der Waals surface area contributed by atoms with Gasteiger partial charge >= 0.3 is 23.9 Å². The highest BCUT2D eigenvalue weighted by Crippen LogP contribution is 2.32. The first kappa shape index (κ1) is 40.3. The Morgan fingerprint density at radius 3 is 1.91 bits per heavy atom. The lowest BCUT2D eigenvalue weighted by atomic mass is 9.87. The average Bonchev–Trinajstić information content (AvgIpc) is 3.61. The normalized spacial score (nSPS) is 19.9. The van der Waals surface area contributed by atoms with Crippen LogP contribution in [0.25, 0.3) is 10.2 Å². The lowest BCUT2D eigenvalue weighted by Crippen LogP contribution is -2.29. The molecule has 0 unspecified atom stereocenters. The number of aromatic nitrogens is 1. The molecule has 5 rings (SSSR count). The highest BCUT2D eigenvalue weighted by atomic mass is 32.1. The Labute approximate surface area is 318 Å². The number of carbonyl (C=O) groups is 4. The molecule has 2 saturated carbocycles. The van der Waals surface area contributed by atoms with Crippen molar-refractivity contribution in [1.82, 2.24) is 4.98 Å². The maximum Gasteiger partial charge on any atom is 0.330 e. The summed E-state index contributed by atoms with van der Waals surface area (Å²) in [4.78, 5) is 53.4. The summed E-state index contributed by atoms with van der Waals surface area (Å²) < 4.78 is 34.6. The van der Waals surface area contributed by atoms with Crippen LogP contribution in [0.1, 0.15) is 69.8 Å². The van der Waals surface area contributed by atoms with Gasteiger partial charge in [-0.3, -0.25) is 15.0 Å². The van der Waals surface area contributed by atoms with Crippen molar-refractivity contribution in [3.8, 4) is 11.5 Å². The van der Waals surface area contributed by atoms with Crippen molar-refractivity contribution in [2.45, 2.75) is 76.4 Å². The van der Waals surface area contributed by atoms with Crippen LogP contribution in [0, 0.1) is 11.8 Å². The van der Waals surface area contributed by atoms with E-state index in [-0.39, 0.29) is 49.2 Å². The van der Waals surface area contributed by atoms with Crippen LogP contribution in [0.15, 0.2) is 72.9 Å². The van der Waals surface area contributed by atoms with E-state index in [0.717, 1.165) is 35.2 Å². The molecule has 54 heavy (non-hydrogen) atoms. The van der Waals surface area contributed by atoms with Crippen molar-refractivity contribution in [3.63, 3.8) is 0 Å². The van der Waals surface area contributed by atoms with Crippen LogP contribution in [0.4, 0.5) is 5.13 Å². The van der Waals surface area contributed by atoms with Crippen LogP contribution in [-0.2, 0) is 38.1 Å². The van der Waals surface area contributed by atoms with Gasteiger partial charge in [0.2, 0.25) is 5.13 Å². The Kier molecular flexibility index (Phi) is 15.7. The second-order valence-corrected chi connectivity index (χ2v) is 14.1. The number of thiazole rings is 1. The number of hydrogen-bond donors (Lipinski definition) is 1. The summed E-state index contributed by atoms with van der Waals surface area (Å²) in [5.41, 5.74) is 4.26. The predicted octanol–water partition coefficient (Wildman–Crippen LogP) is 6.94. The molecule has 0 radical (unpaired) electrons. The molecular formula is C40H47N3O10S. The quantitative estimate of drug-likeness (QED) is 0.0335. The maximum atomic E-state index is 13.3. The van der Waals surface area contributed by atoms with Gasteiger partial charge in [0.25, 0.3) is 0 Å². The number of hydrazone groups is 1. The van der Waals surface area contributed by atoms with E-state index in [1.165, 1.54) is 17.6 Å². The summed E-state index contributed by atoms with van der Waals surface area (Å²) in [5, 5.41) is 4.97. The molecule has 2 aliphatic carbocycles. The summed E-state index contributed by atoms with van der Waals surface area (Å²) >= 11 is 1.46. The summed E-state index contributed by atoms with van der Waals surface area (Å²) in [7, 11) is 0. The molecule has 2 aliphatic rings. The first-order valence-corrected chi connectivity index (χ1v) is 19.2. The zero-order valence-electron chi connectivity index (χ0n) is 30.3. The van der Waals surface area contributed by atoms with E-state index in [1.807, 2.05) is 24.3 Å². The molecule has 0 atom stereocenters. The van der Waals surface area contributed by atoms with Gasteiger partial charge in [-0.15, -0.1) is 0 Å². The van der Waals surface area contributed by atoms with E-state index >= 15 is 0 Å². The number of fused-ring (bicyclic) bond motifs is 1. The maximum absolute atomic E-state index is 13.3. The van der Waals surface area contributed by atoms with Crippen LogP contribution < -0.4 is 14.9 Å². The highest BCUT2D eigenvalue weighted by Gasteiger charge is 2.30. The molecule has 1 N–H and O–H groups in total. The predicted molar refractivity (Wildman–Crippen MR) is 203 cm³/mol. The number of hydrogen-bond acceptors (Lipinski definition) is 14. The minimum absolute atomic E-state index is 0.0255. The first-order valence-electron chi connectivity index (χ1n) is 18.3. The topological polar surface area (TPSA) is 161 Å². The van der Waals surface area contributed by atoms with Crippen molar-refractivity contribution in [2.24, 2.45) is 16.9 Å². The molecular weight excluding hydrogens is 715 g/mol. The molecule has 14 heteroatoms. The van der Waals surface area contributed by atoms with Crippen molar-refractivity contribution in [3.05, 3.63) is 73.3 Å². The number of esters is 4. The third-order valence-electron chi connectivity index (χ3n) is 9.19. The van der Waals surface area contributed by atoms with E-state index in [4.69, 9.17) is 28.4 Å². The lowest BCUT2D eigenvalue weighted by molar-refractivity contribution is -0.142. The number of nitrogens with one attached hydrogen (secondary N) is 1. The standard InChI is InChI=1S/C40H47N3O10S/c1-3-36(44)50-23-7-21-48-30-15-11-27(12-16-30)38(46)52-32-19-20-34(29(25-32)26-41-43-40-42-33-9-5-6-10-35(33)54-40)53-39(47)28-13-17-31(18-14-28)49-22-8-24-51-37(45)4-2/h3-6,9-10,19-20,25-28,30-31H,1-2,7-8,11-18,21-24H2,(H,42,43)/b41-26+. The fourth-order valence-corrected chi connectivity index (χ4v) is 7.08. The minimum atomic E-state index is -0.455.